The summed E-state index contributed by atoms with van der Waals surface area (Å²) in [7, 11) is 0. The van der Waals surface area contributed by atoms with Gasteiger partial charge in [-0.15, -0.1) is 0 Å². The van der Waals surface area contributed by atoms with Crippen LogP contribution in [-0.4, -0.2) is 35.2 Å². The van der Waals surface area contributed by atoms with E-state index in [-0.39, 0.29) is 0 Å². The highest BCUT2D eigenvalue weighted by Gasteiger charge is 2.40. The highest BCUT2D eigenvalue weighted by atomic mass is 15.7. The van der Waals surface area contributed by atoms with Gasteiger partial charge in [0.2, 0.25) is 0 Å². The van der Waals surface area contributed by atoms with Crippen LogP contribution in [0.25, 0.3) is 0 Å². The number of rotatable bonds is 2. The minimum Gasteiger partial charge on any atom is -0.241 e. The molecule has 0 radical (unpaired) electrons. The molecule has 0 N–H and O–H groups in total. The highest BCUT2D eigenvalue weighted by molar-refractivity contribution is 4.96. The van der Waals surface area contributed by atoms with E-state index in [1.807, 2.05) is 0 Å². The lowest BCUT2D eigenvalue weighted by molar-refractivity contribution is 0.0203. The zero-order chi connectivity index (χ0) is 9.97. The van der Waals surface area contributed by atoms with Crippen LogP contribution in [0.4, 0.5) is 0 Å². The van der Waals surface area contributed by atoms with Crippen LogP contribution in [0.15, 0.2) is 0 Å². The maximum Gasteiger partial charge on any atom is 0.0638 e. The Labute approximate surface area is 84.3 Å². The molecule has 2 aliphatic heterocycles. The number of nitrogens with zero attached hydrogens (tertiary/aromatic N) is 4. The van der Waals surface area contributed by atoms with Gasteiger partial charge in [0.15, 0.2) is 0 Å². The summed E-state index contributed by atoms with van der Waals surface area (Å²) in [4.78, 5) is 0. The summed E-state index contributed by atoms with van der Waals surface area (Å²) in [6, 6.07) is 5.19. The van der Waals surface area contributed by atoms with Crippen LogP contribution < -0.4 is 0 Å². The van der Waals surface area contributed by atoms with Crippen LogP contribution in [0.1, 0.15) is 25.7 Å². The van der Waals surface area contributed by atoms with Gasteiger partial charge >= 0.3 is 0 Å². The third-order valence-electron chi connectivity index (χ3n) is 3.17. The Hall–Kier alpha value is -1.10. The van der Waals surface area contributed by atoms with E-state index >= 15 is 0 Å². The molecule has 2 saturated heterocycles. The van der Waals surface area contributed by atoms with Crippen LogP contribution >= 0.6 is 0 Å². The average Bonchev–Trinajstić information content (AvgIpc) is 2.72. The number of hydrazine groups is 1. The van der Waals surface area contributed by atoms with E-state index < -0.39 is 0 Å². The molecule has 2 heterocycles. The summed E-state index contributed by atoms with van der Waals surface area (Å²) >= 11 is 0. The van der Waals surface area contributed by atoms with Crippen LogP contribution in [0.2, 0.25) is 0 Å². The molecule has 4 nitrogen and oxygen atoms in total. The van der Waals surface area contributed by atoms with Gasteiger partial charge in [-0.25, -0.2) is 10.0 Å². The van der Waals surface area contributed by atoms with E-state index in [1.165, 1.54) is 0 Å². The third kappa shape index (κ3) is 1.48. The van der Waals surface area contributed by atoms with Gasteiger partial charge in [-0.1, -0.05) is 0 Å². The Morgan fingerprint density at radius 1 is 1.00 bits per heavy atom. The molecule has 0 aromatic rings. The minimum atomic E-state index is 0.362. The topological polar surface area (TPSA) is 54.1 Å². The fourth-order valence-electron chi connectivity index (χ4n) is 2.57. The van der Waals surface area contributed by atoms with E-state index in [2.05, 4.69) is 22.2 Å². The molecular formula is C10H14N4. The second-order valence-corrected chi connectivity index (χ2v) is 3.94. The van der Waals surface area contributed by atoms with Crippen molar-refractivity contribution in [2.45, 2.75) is 37.8 Å². The van der Waals surface area contributed by atoms with Gasteiger partial charge in [-0.3, -0.25) is 0 Å². The Morgan fingerprint density at radius 3 is 1.93 bits per heavy atom. The van der Waals surface area contributed by atoms with Crippen molar-refractivity contribution in [1.82, 2.24) is 10.0 Å². The Morgan fingerprint density at radius 2 is 1.50 bits per heavy atom. The van der Waals surface area contributed by atoms with Crippen LogP contribution in [0.5, 0.6) is 0 Å². The van der Waals surface area contributed by atoms with Crippen LogP contribution in [0, 0.1) is 22.7 Å². The summed E-state index contributed by atoms with van der Waals surface area (Å²) in [5.74, 6) is 0. The van der Waals surface area contributed by atoms with Crippen molar-refractivity contribution in [2.24, 2.45) is 0 Å². The van der Waals surface area contributed by atoms with Crippen molar-refractivity contribution in [2.75, 3.05) is 13.1 Å². The van der Waals surface area contributed by atoms with Gasteiger partial charge in [-0.05, 0) is 12.8 Å². The van der Waals surface area contributed by atoms with E-state index in [4.69, 9.17) is 10.5 Å². The first kappa shape index (κ1) is 9.45. The number of nitriles is 2. The molecule has 14 heavy (non-hydrogen) atoms. The Bertz CT molecular complexity index is 259. The Balaban J connectivity index is 2.04. The molecule has 0 aromatic carbocycles. The van der Waals surface area contributed by atoms with Gasteiger partial charge in [0, 0.05) is 25.2 Å². The molecule has 2 rings (SSSR count). The quantitative estimate of drug-likeness (QED) is 0.648. The first-order valence-electron chi connectivity index (χ1n) is 5.14. The molecule has 2 aliphatic rings. The predicted octanol–water partition coefficient (Wildman–Crippen LogP) is 0.877. The van der Waals surface area contributed by atoms with Crippen molar-refractivity contribution in [3.8, 4) is 12.1 Å². The first-order valence-corrected chi connectivity index (χ1v) is 5.14. The van der Waals surface area contributed by atoms with E-state index in [0.29, 0.717) is 24.9 Å². The molecule has 2 atom stereocenters. The molecule has 74 valence electrons. The standard InChI is InChI=1S/C10H14N4/c11-5-1-9-3-7-13-8-4-10(2-6-12)14(9)13/h9-10H,1-4,7-8H2. The monoisotopic (exact) mass is 190 g/mol. The summed E-state index contributed by atoms with van der Waals surface area (Å²) in [5, 5.41) is 22.0. The smallest absolute Gasteiger partial charge is 0.0638 e. The van der Waals surface area contributed by atoms with Crippen molar-refractivity contribution in [3.05, 3.63) is 0 Å². The van der Waals surface area contributed by atoms with Crippen molar-refractivity contribution in [1.29, 1.82) is 10.5 Å². The van der Waals surface area contributed by atoms with Crippen LogP contribution in [-0.2, 0) is 0 Å². The molecule has 0 aromatic heterocycles. The minimum absolute atomic E-state index is 0.362. The number of fused-ring (bicyclic) bond motifs is 1. The Kier molecular flexibility index (Phi) is 2.67. The summed E-state index contributed by atoms with van der Waals surface area (Å²) in [6.45, 7) is 2.13. The lowest BCUT2D eigenvalue weighted by Crippen LogP contribution is -2.40. The highest BCUT2D eigenvalue weighted by Crippen LogP contribution is 2.31. The van der Waals surface area contributed by atoms with Gasteiger partial charge in [0.05, 0.1) is 25.0 Å². The average molecular weight is 190 g/mol. The van der Waals surface area contributed by atoms with Crippen molar-refractivity contribution >= 4 is 0 Å². The SMILES string of the molecule is N#CCC1CCN2CCC(CC#N)N12. The maximum atomic E-state index is 8.70. The molecular weight excluding hydrogens is 176 g/mol. The van der Waals surface area contributed by atoms with E-state index in [9.17, 15) is 0 Å². The molecule has 0 bridgehead atoms. The summed E-state index contributed by atoms with van der Waals surface area (Å²) in [5.41, 5.74) is 0. The predicted molar refractivity (Wildman–Crippen MR) is 50.7 cm³/mol. The molecule has 0 saturated carbocycles. The molecule has 4 heteroatoms. The molecule has 0 amide bonds. The lowest BCUT2D eigenvalue weighted by atomic mass is 10.1. The first-order chi connectivity index (χ1) is 6.86. The van der Waals surface area contributed by atoms with Gasteiger partial charge in [0.1, 0.15) is 0 Å². The number of hydrogen-bond acceptors (Lipinski definition) is 4. The molecule has 2 unspecified atom stereocenters. The fraction of sp³-hybridized carbons (Fsp3) is 0.800. The fourth-order valence-corrected chi connectivity index (χ4v) is 2.57. The largest absolute Gasteiger partial charge is 0.241 e. The second-order valence-electron chi connectivity index (χ2n) is 3.94. The van der Waals surface area contributed by atoms with Gasteiger partial charge in [-0.2, -0.15) is 10.5 Å². The third-order valence-corrected chi connectivity index (χ3v) is 3.17. The second kappa shape index (κ2) is 3.96. The summed E-state index contributed by atoms with van der Waals surface area (Å²) in [6.07, 6.45) is 3.35. The molecule has 2 fully saturated rings. The maximum absolute atomic E-state index is 8.70. The van der Waals surface area contributed by atoms with E-state index in [0.717, 1.165) is 25.9 Å². The summed E-state index contributed by atoms with van der Waals surface area (Å²) < 4.78 is 0. The van der Waals surface area contributed by atoms with Crippen LogP contribution in [0.3, 0.4) is 0 Å². The van der Waals surface area contributed by atoms with Crippen molar-refractivity contribution in [3.63, 3.8) is 0 Å². The van der Waals surface area contributed by atoms with Crippen molar-refractivity contribution < 1.29 is 0 Å². The zero-order valence-electron chi connectivity index (χ0n) is 8.19. The van der Waals surface area contributed by atoms with E-state index in [1.54, 1.807) is 0 Å². The normalized spacial score (nSPS) is 32.4. The zero-order valence-corrected chi connectivity index (χ0v) is 8.19. The van der Waals surface area contributed by atoms with Gasteiger partial charge < -0.3 is 0 Å². The van der Waals surface area contributed by atoms with Gasteiger partial charge in [0.25, 0.3) is 0 Å². The molecule has 0 aliphatic carbocycles. The number of hydrogen-bond donors (Lipinski definition) is 0. The lowest BCUT2D eigenvalue weighted by Gasteiger charge is -2.28. The molecule has 0 spiro atoms.